The van der Waals surface area contributed by atoms with Crippen LogP contribution in [0.25, 0.3) is 11.1 Å². The van der Waals surface area contributed by atoms with Crippen molar-refractivity contribution in [2.45, 2.75) is 6.54 Å². The highest BCUT2D eigenvalue weighted by Gasteiger charge is 2.06. The minimum absolute atomic E-state index is 0.421. The van der Waals surface area contributed by atoms with Gasteiger partial charge >= 0.3 is 0 Å². The van der Waals surface area contributed by atoms with Gasteiger partial charge in [0, 0.05) is 18.2 Å². The number of halogens is 2. The van der Waals surface area contributed by atoms with E-state index in [-0.39, 0.29) is 0 Å². The van der Waals surface area contributed by atoms with Crippen LogP contribution in [0.15, 0.2) is 42.5 Å². The molecule has 2 aromatic rings. The Kier molecular flexibility index (Phi) is 3.49. The van der Waals surface area contributed by atoms with Crippen LogP contribution in [0.2, 0.25) is 0 Å². The van der Waals surface area contributed by atoms with E-state index in [0.717, 1.165) is 23.7 Å². The van der Waals surface area contributed by atoms with E-state index in [1.807, 2.05) is 31.3 Å². The molecule has 0 aromatic heterocycles. The third-order valence-electron chi connectivity index (χ3n) is 2.55. The van der Waals surface area contributed by atoms with Crippen LogP contribution in [0.3, 0.4) is 0 Å². The van der Waals surface area contributed by atoms with E-state index in [0.29, 0.717) is 5.56 Å². The van der Waals surface area contributed by atoms with Crippen molar-refractivity contribution in [3.05, 3.63) is 59.7 Å². The number of benzene rings is 2. The maximum Gasteiger partial charge on any atom is 0.133 e. The lowest BCUT2D eigenvalue weighted by Gasteiger charge is -2.06. The molecule has 1 N–H and O–H groups in total. The van der Waals surface area contributed by atoms with Crippen LogP contribution in [0, 0.1) is 11.6 Å². The molecule has 17 heavy (non-hydrogen) atoms. The Bertz CT molecular complexity index is 523. The summed E-state index contributed by atoms with van der Waals surface area (Å²) in [4.78, 5) is 0. The predicted molar refractivity (Wildman–Crippen MR) is 64.6 cm³/mol. The van der Waals surface area contributed by atoms with Gasteiger partial charge in [-0.2, -0.15) is 0 Å². The number of hydrogen-bond acceptors (Lipinski definition) is 1. The molecule has 0 atom stereocenters. The summed E-state index contributed by atoms with van der Waals surface area (Å²) in [5.74, 6) is -1.09. The Morgan fingerprint density at radius 3 is 2.59 bits per heavy atom. The Hall–Kier alpha value is -1.74. The van der Waals surface area contributed by atoms with Gasteiger partial charge in [-0.15, -0.1) is 0 Å². The Morgan fingerprint density at radius 2 is 1.88 bits per heavy atom. The van der Waals surface area contributed by atoms with Crippen LogP contribution in [-0.2, 0) is 6.54 Å². The highest BCUT2D eigenvalue weighted by molar-refractivity contribution is 5.64. The first kappa shape index (κ1) is 11.7. The van der Waals surface area contributed by atoms with Crippen molar-refractivity contribution in [1.29, 1.82) is 0 Å². The SMILES string of the molecule is CNCc1cccc(-c2ccc(F)cc2F)c1. The molecular weight excluding hydrogens is 220 g/mol. The second-order valence-corrected chi connectivity index (χ2v) is 3.85. The lowest BCUT2D eigenvalue weighted by molar-refractivity contribution is 0.585. The molecule has 0 saturated carbocycles. The van der Waals surface area contributed by atoms with Gasteiger partial charge < -0.3 is 5.32 Å². The zero-order valence-electron chi connectivity index (χ0n) is 9.50. The van der Waals surface area contributed by atoms with Crippen LogP contribution in [-0.4, -0.2) is 7.05 Å². The molecule has 0 saturated heterocycles. The average molecular weight is 233 g/mol. The van der Waals surface area contributed by atoms with E-state index in [9.17, 15) is 8.78 Å². The molecule has 0 unspecified atom stereocenters. The molecule has 0 heterocycles. The monoisotopic (exact) mass is 233 g/mol. The van der Waals surface area contributed by atoms with Crippen LogP contribution in [0.4, 0.5) is 8.78 Å². The van der Waals surface area contributed by atoms with Gasteiger partial charge in [-0.05, 0) is 36.4 Å². The summed E-state index contributed by atoms with van der Waals surface area (Å²) < 4.78 is 26.4. The van der Waals surface area contributed by atoms with Crippen molar-refractivity contribution >= 4 is 0 Å². The fourth-order valence-corrected chi connectivity index (χ4v) is 1.78. The Balaban J connectivity index is 2.42. The van der Waals surface area contributed by atoms with Crippen molar-refractivity contribution in [2.24, 2.45) is 0 Å². The van der Waals surface area contributed by atoms with E-state index in [2.05, 4.69) is 5.32 Å². The molecule has 0 aliphatic carbocycles. The number of rotatable bonds is 3. The van der Waals surface area contributed by atoms with Crippen molar-refractivity contribution in [2.75, 3.05) is 7.05 Å². The summed E-state index contributed by atoms with van der Waals surface area (Å²) in [6.07, 6.45) is 0. The number of nitrogens with one attached hydrogen (secondary N) is 1. The van der Waals surface area contributed by atoms with Gasteiger partial charge in [0.1, 0.15) is 11.6 Å². The van der Waals surface area contributed by atoms with Crippen molar-refractivity contribution in [1.82, 2.24) is 5.32 Å². The molecule has 0 radical (unpaired) electrons. The zero-order chi connectivity index (χ0) is 12.3. The molecule has 0 amide bonds. The summed E-state index contributed by atoms with van der Waals surface area (Å²) in [6, 6.07) is 11.2. The van der Waals surface area contributed by atoms with Gasteiger partial charge in [-0.25, -0.2) is 8.78 Å². The summed E-state index contributed by atoms with van der Waals surface area (Å²) in [5.41, 5.74) is 2.24. The molecule has 0 aliphatic rings. The quantitative estimate of drug-likeness (QED) is 0.857. The molecule has 3 heteroatoms. The number of hydrogen-bond donors (Lipinski definition) is 1. The van der Waals surface area contributed by atoms with Gasteiger partial charge in [0.15, 0.2) is 0 Å². The normalized spacial score (nSPS) is 10.5. The van der Waals surface area contributed by atoms with Crippen LogP contribution >= 0.6 is 0 Å². The first-order valence-electron chi connectivity index (χ1n) is 5.39. The fraction of sp³-hybridized carbons (Fsp3) is 0.143. The molecule has 0 bridgehead atoms. The van der Waals surface area contributed by atoms with Gasteiger partial charge in [0.05, 0.1) is 0 Å². The maximum absolute atomic E-state index is 13.6. The molecule has 0 fully saturated rings. The summed E-state index contributed by atoms with van der Waals surface area (Å²) >= 11 is 0. The highest BCUT2D eigenvalue weighted by atomic mass is 19.1. The summed E-state index contributed by atoms with van der Waals surface area (Å²) in [7, 11) is 1.85. The van der Waals surface area contributed by atoms with Gasteiger partial charge in [0.2, 0.25) is 0 Å². The maximum atomic E-state index is 13.6. The zero-order valence-corrected chi connectivity index (χ0v) is 9.50. The Morgan fingerprint density at radius 1 is 1.06 bits per heavy atom. The van der Waals surface area contributed by atoms with Crippen LogP contribution in [0.1, 0.15) is 5.56 Å². The Labute approximate surface area is 99.1 Å². The molecule has 2 rings (SSSR count). The van der Waals surface area contributed by atoms with Crippen LogP contribution < -0.4 is 5.32 Å². The first-order chi connectivity index (χ1) is 8.20. The average Bonchev–Trinajstić information content (AvgIpc) is 2.29. The minimum atomic E-state index is -0.558. The molecule has 1 nitrogen and oxygen atoms in total. The van der Waals surface area contributed by atoms with E-state index < -0.39 is 11.6 Å². The lowest BCUT2D eigenvalue weighted by atomic mass is 10.0. The molecule has 0 aliphatic heterocycles. The lowest BCUT2D eigenvalue weighted by Crippen LogP contribution is -2.04. The second-order valence-electron chi connectivity index (χ2n) is 3.85. The van der Waals surface area contributed by atoms with E-state index in [1.54, 1.807) is 0 Å². The third kappa shape index (κ3) is 2.68. The van der Waals surface area contributed by atoms with Crippen molar-refractivity contribution in [3.63, 3.8) is 0 Å². The highest BCUT2D eigenvalue weighted by Crippen LogP contribution is 2.24. The smallest absolute Gasteiger partial charge is 0.133 e. The summed E-state index contributed by atoms with van der Waals surface area (Å²) in [5, 5.41) is 3.03. The van der Waals surface area contributed by atoms with E-state index >= 15 is 0 Å². The molecule has 2 aromatic carbocycles. The van der Waals surface area contributed by atoms with Gasteiger partial charge in [-0.1, -0.05) is 18.2 Å². The largest absolute Gasteiger partial charge is 0.316 e. The van der Waals surface area contributed by atoms with Gasteiger partial charge in [-0.3, -0.25) is 0 Å². The molecular formula is C14H13F2N. The predicted octanol–water partition coefficient (Wildman–Crippen LogP) is 3.35. The molecule has 88 valence electrons. The fourth-order valence-electron chi connectivity index (χ4n) is 1.78. The summed E-state index contributed by atoms with van der Waals surface area (Å²) in [6.45, 7) is 0.719. The van der Waals surface area contributed by atoms with Crippen molar-refractivity contribution < 1.29 is 8.78 Å². The molecule has 0 spiro atoms. The van der Waals surface area contributed by atoms with Crippen LogP contribution in [0.5, 0.6) is 0 Å². The topological polar surface area (TPSA) is 12.0 Å². The standard InChI is InChI=1S/C14H13F2N/c1-17-9-10-3-2-4-11(7-10)13-6-5-12(15)8-14(13)16/h2-8,17H,9H2,1H3. The van der Waals surface area contributed by atoms with E-state index in [1.165, 1.54) is 12.1 Å². The minimum Gasteiger partial charge on any atom is -0.316 e. The van der Waals surface area contributed by atoms with E-state index in [4.69, 9.17) is 0 Å². The van der Waals surface area contributed by atoms with Crippen molar-refractivity contribution in [3.8, 4) is 11.1 Å². The van der Waals surface area contributed by atoms with Gasteiger partial charge in [0.25, 0.3) is 0 Å². The first-order valence-corrected chi connectivity index (χ1v) is 5.39. The second kappa shape index (κ2) is 5.06. The third-order valence-corrected chi connectivity index (χ3v) is 2.55.